The molecule has 0 saturated carbocycles. The second-order valence-electron chi connectivity index (χ2n) is 6.07. The van der Waals surface area contributed by atoms with Gasteiger partial charge in [-0.05, 0) is 39.0 Å². The second kappa shape index (κ2) is 6.21. The number of nitrogens with zero attached hydrogens (tertiary/aromatic N) is 1. The molecule has 1 aliphatic rings. The zero-order valence-electron chi connectivity index (χ0n) is 12.8. The molecule has 2 rings (SSSR count). The molecule has 1 heterocycles. The Hall–Kier alpha value is -2.31. The van der Waals surface area contributed by atoms with Crippen LogP contribution in [0.1, 0.15) is 20.8 Å². The summed E-state index contributed by atoms with van der Waals surface area (Å²) < 4.78 is 23.3. The van der Waals surface area contributed by atoms with Gasteiger partial charge in [0.1, 0.15) is 12.4 Å². The van der Waals surface area contributed by atoms with E-state index < -0.39 is 29.6 Å². The Kier molecular flexibility index (Phi) is 4.54. The van der Waals surface area contributed by atoms with Gasteiger partial charge in [-0.25, -0.2) is 14.0 Å². The molecule has 1 aromatic carbocycles. The van der Waals surface area contributed by atoms with Gasteiger partial charge in [-0.15, -0.1) is 0 Å². The van der Waals surface area contributed by atoms with Crippen LogP contribution in [0.2, 0.25) is 0 Å². The summed E-state index contributed by atoms with van der Waals surface area (Å²) >= 11 is 0. The lowest BCUT2D eigenvalue weighted by molar-refractivity contribution is 0.0705. The highest BCUT2D eigenvalue weighted by Crippen LogP contribution is 2.22. The molecule has 1 aromatic rings. The first-order valence-corrected chi connectivity index (χ1v) is 6.93. The van der Waals surface area contributed by atoms with Crippen molar-refractivity contribution in [3.8, 4) is 0 Å². The molecule has 1 saturated heterocycles. The highest BCUT2D eigenvalue weighted by Gasteiger charge is 2.33. The Morgan fingerprint density at radius 2 is 2.23 bits per heavy atom. The van der Waals surface area contributed by atoms with Gasteiger partial charge >= 0.3 is 12.2 Å². The van der Waals surface area contributed by atoms with Crippen LogP contribution in [-0.2, 0) is 9.47 Å². The van der Waals surface area contributed by atoms with Crippen LogP contribution in [0.15, 0.2) is 24.3 Å². The molecule has 7 heteroatoms. The number of cyclic esters (lactones) is 1. The lowest BCUT2D eigenvalue weighted by atomic mass is 10.1. The molecule has 0 spiro atoms. The number of anilines is 1. The zero-order chi connectivity index (χ0) is 16.3. The van der Waals surface area contributed by atoms with Gasteiger partial charge < -0.3 is 14.8 Å². The normalized spacial score (nSPS) is 18.1. The van der Waals surface area contributed by atoms with Gasteiger partial charge in [-0.2, -0.15) is 0 Å². The van der Waals surface area contributed by atoms with Crippen molar-refractivity contribution in [1.82, 2.24) is 5.32 Å². The molecule has 0 aliphatic carbocycles. The average molecular weight is 310 g/mol. The molecule has 22 heavy (non-hydrogen) atoms. The van der Waals surface area contributed by atoms with Crippen LogP contribution in [0.4, 0.5) is 19.7 Å². The number of rotatable bonds is 3. The summed E-state index contributed by atoms with van der Waals surface area (Å²) in [7, 11) is 0. The molecule has 1 aliphatic heterocycles. The van der Waals surface area contributed by atoms with Gasteiger partial charge in [0.05, 0.1) is 12.2 Å². The lowest BCUT2D eigenvalue weighted by Crippen LogP contribution is -2.42. The predicted molar refractivity (Wildman–Crippen MR) is 78.3 cm³/mol. The quantitative estimate of drug-likeness (QED) is 0.932. The fourth-order valence-electron chi connectivity index (χ4n) is 1.97. The summed E-state index contributed by atoms with van der Waals surface area (Å²) in [6, 6.07) is 5.66. The van der Waals surface area contributed by atoms with Crippen LogP contribution >= 0.6 is 0 Å². The third-order valence-electron chi connectivity index (χ3n) is 2.87. The van der Waals surface area contributed by atoms with E-state index in [1.165, 1.54) is 23.1 Å². The molecular formula is C15H19FN2O4. The highest BCUT2D eigenvalue weighted by atomic mass is 19.1. The van der Waals surface area contributed by atoms with E-state index in [0.29, 0.717) is 5.69 Å². The molecule has 6 nitrogen and oxygen atoms in total. The number of ether oxygens (including phenoxy) is 2. The third kappa shape index (κ3) is 4.34. The molecule has 0 aromatic heterocycles. The second-order valence-corrected chi connectivity index (χ2v) is 6.07. The van der Waals surface area contributed by atoms with E-state index in [1.54, 1.807) is 6.07 Å². The minimum atomic E-state index is -0.588. The van der Waals surface area contributed by atoms with E-state index in [2.05, 4.69) is 5.32 Å². The number of nitrogens with one attached hydrogen (secondary N) is 1. The maximum atomic E-state index is 13.2. The van der Waals surface area contributed by atoms with Crippen LogP contribution in [0.5, 0.6) is 0 Å². The summed E-state index contributed by atoms with van der Waals surface area (Å²) in [5.41, 5.74) is 0.00321. The Balaban J connectivity index is 1.89. The monoisotopic (exact) mass is 310 g/mol. The van der Waals surface area contributed by atoms with Crippen molar-refractivity contribution in [3.05, 3.63) is 30.1 Å². The van der Waals surface area contributed by atoms with Crippen molar-refractivity contribution < 1.29 is 23.5 Å². The first kappa shape index (κ1) is 16.1. The number of hydrogen-bond acceptors (Lipinski definition) is 4. The molecule has 1 N–H and O–H groups in total. The molecule has 0 unspecified atom stereocenters. The molecule has 1 fully saturated rings. The first-order chi connectivity index (χ1) is 10.2. The Morgan fingerprint density at radius 1 is 1.50 bits per heavy atom. The van der Waals surface area contributed by atoms with Crippen molar-refractivity contribution in [1.29, 1.82) is 0 Å². The number of carbonyl (C=O) groups is 2. The van der Waals surface area contributed by atoms with Gasteiger partial charge in [-0.1, -0.05) is 6.07 Å². The Bertz CT molecular complexity index is 571. The zero-order valence-corrected chi connectivity index (χ0v) is 12.8. The molecule has 2 amide bonds. The van der Waals surface area contributed by atoms with Crippen LogP contribution in [0, 0.1) is 5.82 Å². The van der Waals surface area contributed by atoms with Crippen LogP contribution in [-0.4, -0.2) is 37.0 Å². The van der Waals surface area contributed by atoms with Crippen LogP contribution in [0.25, 0.3) is 0 Å². The van der Waals surface area contributed by atoms with E-state index in [9.17, 15) is 14.0 Å². The minimum absolute atomic E-state index is 0.0561. The molecule has 0 radical (unpaired) electrons. The van der Waals surface area contributed by atoms with Crippen molar-refractivity contribution in [2.24, 2.45) is 0 Å². The molecule has 0 bridgehead atoms. The van der Waals surface area contributed by atoms with E-state index in [4.69, 9.17) is 9.47 Å². The standard InChI is InChI=1S/C15H19FN2O4/c1-15(2,3)17-13(19)21-9-12-8-18(14(20)22-12)11-6-4-5-10(16)7-11/h4-7,12H,8-9H2,1-3H3,(H,17,19)/t12-/m0/s1. The Labute approximate surface area is 128 Å². The molecular weight excluding hydrogens is 291 g/mol. The van der Waals surface area contributed by atoms with Gasteiger partial charge in [0.25, 0.3) is 0 Å². The van der Waals surface area contributed by atoms with Crippen molar-refractivity contribution >= 4 is 17.9 Å². The van der Waals surface area contributed by atoms with Gasteiger partial charge in [-0.3, -0.25) is 4.90 Å². The van der Waals surface area contributed by atoms with Gasteiger partial charge in [0.2, 0.25) is 0 Å². The number of halogens is 1. The summed E-state index contributed by atoms with van der Waals surface area (Å²) in [4.78, 5) is 24.7. The number of hydrogen-bond donors (Lipinski definition) is 1. The predicted octanol–water partition coefficient (Wildman–Crippen LogP) is 2.68. The molecule has 1 atom stereocenters. The third-order valence-corrected chi connectivity index (χ3v) is 2.87. The first-order valence-electron chi connectivity index (χ1n) is 6.93. The Morgan fingerprint density at radius 3 is 2.86 bits per heavy atom. The minimum Gasteiger partial charge on any atom is -0.446 e. The number of alkyl carbamates (subject to hydrolysis) is 1. The van der Waals surface area contributed by atoms with E-state index >= 15 is 0 Å². The van der Waals surface area contributed by atoms with Gasteiger partial charge in [0.15, 0.2) is 6.10 Å². The SMILES string of the molecule is CC(C)(C)NC(=O)OC[C@@H]1CN(c2cccc(F)c2)C(=O)O1. The summed E-state index contributed by atoms with van der Waals surface area (Å²) in [6.07, 6.45) is -1.75. The topological polar surface area (TPSA) is 67.9 Å². The van der Waals surface area contributed by atoms with Crippen molar-refractivity contribution in [2.45, 2.75) is 32.4 Å². The van der Waals surface area contributed by atoms with E-state index in [-0.39, 0.29) is 13.2 Å². The largest absolute Gasteiger partial charge is 0.446 e. The van der Waals surface area contributed by atoms with Crippen LogP contribution in [0.3, 0.4) is 0 Å². The number of amides is 2. The summed E-state index contributed by atoms with van der Waals surface area (Å²) in [6.45, 7) is 5.63. The number of benzene rings is 1. The highest BCUT2D eigenvalue weighted by molar-refractivity contribution is 5.89. The maximum absolute atomic E-state index is 13.2. The van der Waals surface area contributed by atoms with Crippen LogP contribution < -0.4 is 10.2 Å². The number of carbonyl (C=O) groups excluding carboxylic acids is 2. The van der Waals surface area contributed by atoms with Gasteiger partial charge in [0, 0.05) is 5.54 Å². The fraction of sp³-hybridized carbons (Fsp3) is 0.467. The van der Waals surface area contributed by atoms with Crippen molar-refractivity contribution in [3.63, 3.8) is 0 Å². The fourth-order valence-corrected chi connectivity index (χ4v) is 1.97. The smallest absolute Gasteiger partial charge is 0.414 e. The van der Waals surface area contributed by atoms with Crippen molar-refractivity contribution in [2.75, 3.05) is 18.1 Å². The average Bonchev–Trinajstić information content (AvgIpc) is 2.76. The lowest BCUT2D eigenvalue weighted by Gasteiger charge is -2.20. The van der Waals surface area contributed by atoms with E-state index in [1.807, 2.05) is 20.8 Å². The maximum Gasteiger partial charge on any atom is 0.414 e. The van der Waals surface area contributed by atoms with E-state index in [0.717, 1.165) is 0 Å². The summed E-state index contributed by atoms with van der Waals surface area (Å²) in [5.74, 6) is -0.436. The summed E-state index contributed by atoms with van der Waals surface area (Å²) in [5, 5.41) is 2.64. The molecule has 120 valence electrons.